The Kier molecular flexibility index (Phi) is 7.34. The van der Waals surface area contributed by atoms with Crippen LogP contribution in [-0.4, -0.2) is 62.7 Å². The van der Waals surface area contributed by atoms with Crippen LogP contribution in [0, 0.1) is 5.82 Å². The van der Waals surface area contributed by atoms with Crippen molar-refractivity contribution in [1.82, 2.24) is 19.9 Å². The number of alkyl carbamates (subject to hydrolysis) is 1. The molecule has 0 radical (unpaired) electrons. The molecule has 1 amide bonds. The highest BCUT2D eigenvalue weighted by Gasteiger charge is 2.45. The maximum Gasteiger partial charge on any atom is 0.408 e. The molecule has 1 aliphatic heterocycles. The average molecular weight is 596 g/mol. The minimum atomic E-state index is -0.585. The van der Waals surface area contributed by atoms with Gasteiger partial charge in [0.1, 0.15) is 34.9 Å². The molecule has 11 nitrogen and oxygen atoms in total. The average Bonchev–Trinajstić information content (AvgIpc) is 3.53. The maximum atomic E-state index is 14.6. The molecule has 0 saturated heterocycles. The van der Waals surface area contributed by atoms with Crippen LogP contribution in [0.15, 0.2) is 30.6 Å². The molecule has 2 saturated carbocycles. The van der Waals surface area contributed by atoms with Crippen molar-refractivity contribution in [3.63, 3.8) is 0 Å². The van der Waals surface area contributed by atoms with E-state index in [0.29, 0.717) is 47.9 Å². The first-order valence-electron chi connectivity index (χ1n) is 14.9. The van der Waals surface area contributed by atoms with E-state index in [1.807, 2.05) is 27.7 Å². The second-order valence-corrected chi connectivity index (χ2v) is 12.8. The highest BCUT2D eigenvalue weighted by atomic mass is 19.1. The molecule has 3 aliphatic rings. The van der Waals surface area contributed by atoms with Crippen molar-refractivity contribution in [3.8, 4) is 11.5 Å². The number of hydrogen-bond acceptors (Lipinski definition) is 9. The van der Waals surface area contributed by atoms with E-state index >= 15 is 0 Å². The van der Waals surface area contributed by atoms with Crippen molar-refractivity contribution in [2.75, 3.05) is 11.5 Å². The van der Waals surface area contributed by atoms with Crippen LogP contribution < -0.4 is 19.7 Å². The van der Waals surface area contributed by atoms with E-state index in [1.165, 1.54) is 22.8 Å². The van der Waals surface area contributed by atoms with Gasteiger partial charge in [-0.2, -0.15) is 5.10 Å². The third-order valence-corrected chi connectivity index (χ3v) is 8.12. The van der Waals surface area contributed by atoms with E-state index < -0.39 is 23.2 Å². The molecule has 43 heavy (non-hydrogen) atoms. The molecule has 2 aromatic heterocycles. The summed E-state index contributed by atoms with van der Waals surface area (Å²) >= 11 is 0. The third kappa shape index (κ3) is 5.92. The lowest BCUT2D eigenvalue weighted by Crippen LogP contribution is -2.59. The number of anilines is 1. The Balaban J connectivity index is 1.25. The molecular weight excluding hydrogens is 557 g/mol. The van der Waals surface area contributed by atoms with E-state index in [2.05, 4.69) is 15.3 Å². The van der Waals surface area contributed by atoms with Gasteiger partial charge in [-0.25, -0.2) is 23.5 Å². The second-order valence-electron chi connectivity index (χ2n) is 12.8. The summed E-state index contributed by atoms with van der Waals surface area (Å²) in [4.78, 5) is 31.9. The summed E-state index contributed by atoms with van der Waals surface area (Å²) in [5.41, 5.74) is 0.265. The van der Waals surface area contributed by atoms with E-state index in [-0.39, 0.29) is 36.2 Å². The summed E-state index contributed by atoms with van der Waals surface area (Å²) in [7, 11) is 0. The number of amides is 1. The Morgan fingerprint density at radius 1 is 1.23 bits per heavy atom. The van der Waals surface area contributed by atoms with Crippen molar-refractivity contribution >= 4 is 23.5 Å². The third-order valence-electron chi connectivity index (χ3n) is 8.12. The number of halogens is 1. The molecule has 3 heterocycles. The van der Waals surface area contributed by atoms with E-state index in [9.17, 15) is 14.0 Å². The van der Waals surface area contributed by atoms with Crippen LogP contribution in [0.3, 0.4) is 0 Å². The number of nitrogens with zero attached hydrogens (tertiary/aromatic N) is 4. The molecule has 230 valence electrons. The van der Waals surface area contributed by atoms with E-state index in [0.717, 1.165) is 19.3 Å². The second kappa shape index (κ2) is 10.9. The number of rotatable bonds is 7. The lowest BCUT2D eigenvalue weighted by molar-refractivity contribution is 0.00867. The Labute approximate surface area is 249 Å². The summed E-state index contributed by atoms with van der Waals surface area (Å²) in [6.07, 6.45) is 6.47. The lowest BCUT2D eigenvalue weighted by Gasteiger charge is -2.45. The van der Waals surface area contributed by atoms with Crippen LogP contribution in [-0.2, 0) is 16.0 Å². The monoisotopic (exact) mass is 595 g/mol. The van der Waals surface area contributed by atoms with Crippen LogP contribution in [0.4, 0.5) is 15.0 Å². The number of benzene rings is 1. The van der Waals surface area contributed by atoms with Crippen molar-refractivity contribution in [1.29, 1.82) is 0 Å². The zero-order valence-corrected chi connectivity index (χ0v) is 25.2. The normalized spacial score (nSPS) is 24.4. The van der Waals surface area contributed by atoms with Gasteiger partial charge in [-0.15, -0.1) is 0 Å². The molecule has 1 N–H and O–H groups in total. The Morgan fingerprint density at radius 3 is 2.77 bits per heavy atom. The highest BCUT2D eigenvalue weighted by Crippen LogP contribution is 2.43. The number of fused-ring (bicyclic) bond motifs is 3. The molecule has 6 rings (SSSR count). The van der Waals surface area contributed by atoms with Crippen LogP contribution in [0.5, 0.6) is 11.5 Å². The molecule has 3 aromatic rings. The molecule has 2 fully saturated rings. The summed E-state index contributed by atoms with van der Waals surface area (Å²) in [5.74, 6) is 0.825. The van der Waals surface area contributed by atoms with Crippen LogP contribution in [0.25, 0.3) is 5.65 Å². The summed E-state index contributed by atoms with van der Waals surface area (Å²) in [6, 6.07) is 4.56. The van der Waals surface area contributed by atoms with Crippen molar-refractivity contribution < 1.29 is 32.9 Å². The predicted octanol–water partition coefficient (Wildman–Crippen LogP) is 5.19. The van der Waals surface area contributed by atoms with Crippen LogP contribution in [0.2, 0.25) is 0 Å². The molecule has 0 unspecified atom stereocenters. The Bertz CT molecular complexity index is 1550. The molecule has 2 atom stereocenters. The quantitative estimate of drug-likeness (QED) is 0.368. The summed E-state index contributed by atoms with van der Waals surface area (Å²) in [6.45, 7) is 9.74. The van der Waals surface area contributed by atoms with E-state index in [4.69, 9.17) is 23.9 Å². The van der Waals surface area contributed by atoms with Gasteiger partial charge in [0.25, 0.3) is 0 Å². The SMILES string of the molecule is CCOC(=O)c1cnn2cc3c(nc12)N(Cc1cc(F)ccc1OC1CC(C)(NC(=O)OC(C)(C)C)C1)[C@@H]1CCC[C@@H]1O3. The summed E-state index contributed by atoms with van der Waals surface area (Å²) in [5, 5.41) is 7.25. The van der Waals surface area contributed by atoms with Gasteiger partial charge < -0.3 is 29.2 Å². The standard InChI is InChI=1S/C31H38FN5O6/c1-6-40-28(38)21-15-33-37-17-25-27(34-26(21)37)36(22-8-7-9-24(22)42-25)16-18-12-19(32)10-11-23(18)41-20-13-31(5,14-20)35-29(39)43-30(2,3)4/h10-12,15,17,20,22,24H,6-9,13-14,16H2,1-5H3,(H,35,39)/t20?,22-,24+,31?/m1/s1. The predicted molar refractivity (Wildman–Crippen MR) is 155 cm³/mol. The van der Waals surface area contributed by atoms with Gasteiger partial charge in [-0.05, 0) is 72.1 Å². The number of nitrogens with one attached hydrogen (secondary N) is 1. The Hall–Kier alpha value is -4.09. The maximum absolute atomic E-state index is 14.6. The van der Waals surface area contributed by atoms with Gasteiger partial charge >= 0.3 is 12.1 Å². The minimum Gasteiger partial charge on any atom is -0.490 e. The number of aromatic nitrogens is 3. The zero-order chi connectivity index (χ0) is 30.5. The smallest absolute Gasteiger partial charge is 0.408 e. The minimum absolute atomic E-state index is 0.0255. The number of ether oxygens (including phenoxy) is 4. The van der Waals surface area contributed by atoms with Crippen LogP contribution in [0.1, 0.15) is 82.6 Å². The molecule has 2 aliphatic carbocycles. The number of carbonyl (C=O) groups is 2. The molecule has 1 aromatic carbocycles. The molecular formula is C31H38FN5O6. The first-order chi connectivity index (χ1) is 20.4. The first kappa shape index (κ1) is 29.0. The molecule has 0 bridgehead atoms. The first-order valence-corrected chi connectivity index (χ1v) is 14.9. The van der Waals surface area contributed by atoms with Gasteiger partial charge in [-0.1, -0.05) is 0 Å². The topological polar surface area (TPSA) is 117 Å². The fourth-order valence-corrected chi connectivity index (χ4v) is 6.27. The van der Waals surface area contributed by atoms with Crippen molar-refractivity contribution in [3.05, 3.63) is 47.5 Å². The number of hydrogen-bond donors (Lipinski definition) is 1. The van der Waals surface area contributed by atoms with Crippen LogP contribution >= 0.6 is 0 Å². The number of carbonyl (C=O) groups excluding carboxylic acids is 2. The Morgan fingerprint density at radius 2 is 2.02 bits per heavy atom. The van der Waals surface area contributed by atoms with Gasteiger partial charge in [0, 0.05) is 30.5 Å². The lowest BCUT2D eigenvalue weighted by atomic mass is 9.76. The fraction of sp³-hybridized carbons (Fsp3) is 0.548. The zero-order valence-electron chi connectivity index (χ0n) is 25.2. The van der Waals surface area contributed by atoms with Gasteiger partial charge in [0.05, 0.1) is 25.0 Å². The molecule has 12 heteroatoms. The largest absolute Gasteiger partial charge is 0.490 e. The summed E-state index contributed by atoms with van der Waals surface area (Å²) < 4.78 is 39.5. The van der Waals surface area contributed by atoms with Crippen molar-refractivity contribution in [2.45, 2.75) is 103 Å². The number of esters is 1. The van der Waals surface area contributed by atoms with Gasteiger partial charge in [0.15, 0.2) is 17.2 Å². The fourth-order valence-electron chi connectivity index (χ4n) is 6.27. The highest BCUT2D eigenvalue weighted by molar-refractivity contribution is 5.96. The van der Waals surface area contributed by atoms with Crippen molar-refractivity contribution in [2.24, 2.45) is 0 Å². The van der Waals surface area contributed by atoms with Gasteiger partial charge in [-0.3, -0.25) is 0 Å². The van der Waals surface area contributed by atoms with Gasteiger partial charge in [0.2, 0.25) is 0 Å². The van der Waals surface area contributed by atoms with E-state index in [1.54, 1.807) is 19.2 Å². The molecule has 0 spiro atoms.